The number of amides is 1. The van der Waals surface area contributed by atoms with Crippen molar-refractivity contribution in [1.29, 1.82) is 0 Å². The molecule has 0 aliphatic rings. The maximum absolute atomic E-state index is 12.1. The van der Waals surface area contributed by atoms with Crippen molar-refractivity contribution in [1.82, 2.24) is 5.32 Å². The summed E-state index contributed by atoms with van der Waals surface area (Å²) in [5.41, 5.74) is 6.37. The van der Waals surface area contributed by atoms with E-state index in [1.54, 1.807) is 11.8 Å². The van der Waals surface area contributed by atoms with Gasteiger partial charge in [0.15, 0.2) is 0 Å². The largest absolute Gasteiger partial charge is 0.348 e. The molecule has 1 amide bonds. The molecule has 3 N–H and O–H groups in total. The van der Waals surface area contributed by atoms with Crippen LogP contribution in [0.3, 0.4) is 0 Å². The highest BCUT2D eigenvalue weighted by Crippen LogP contribution is 2.19. The molecule has 0 saturated carbocycles. The van der Waals surface area contributed by atoms with Crippen molar-refractivity contribution in [3.8, 4) is 0 Å². The Morgan fingerprint density at radius 3 is 2.76 bits per heavy atom. The van der Waals surface area contributed by atoms with Crippen LogP contribution in [0.2, 0.25) is 0 Å². The first-order valence-corrected chi connectivity index (χ1v) is 7.09. The molecular weight excluding hydrogens is 232 g/mol. The number of carbonyl (C=O) groups is 1. The third-order valence-electron chi connectivity index (χ3n) is 2.61. The van der Waals surface area contributed by atoms with Crippen molar-refractivity contribution < 1.29 is 4.79 Å². The van der Waals surface area contributed by atoms with Crippen LogP contribution < -0.4 is 11.1 Å². The first kappa shape index (κ1) is 14.1. The molecular formula is C13H20N2OS. The van der Waals surface area contributed by atoms with Gasteiger partial charge in [-0.2, -0.15) is 0 Å². The third kappa shape index (κ3) is 4.06. The van der Waals surface area contributed by atoms with Crippen LogP contribution in [0, 0.1) is 0 Å². The smallest absolute Gasteiger partial charge is 0.252 e. The number of thioether (sulfide) groups is 1. The average Bonchev–Trinajstić information content (AvgIpc) is 2.38. The van der Waals surface area contributed by atoms with E-state index in [1.165, 1.54) is 0 Å². The lowest BCUT2D eigenvalue weighted by Gasteiger charge is -2.16. The van der Waals surface area contributed by atoms with E-state index in [4.69, 9.17) is 5.73 Å². The molecule has 17 heavy (non-hydrogen) atoms. The Labute approximate surface area is 107 Å². The van der Waals surface area contributed by atoms with Gasteiger partial charge in [-0.1, -0.05) is 25.5 Å². The summed E-state index contributed by atoms with van der Waals surface area (Å²) in [5.74, 6) is -0.0288. The zero-order valence-electron chi connectivity index (χ0n) is 10.4. The molecule has 0 heterocycles. The van der Waals surface area contributed by atoms with E-state index in [-0.39, 0.29) is 11.9 Å². The summed E-state index contributed by atoms with van der Waals surface area (Å²) < 4.78 is 0. The van der Waals surface area contributed by atoms with Gasteiger partial charge in [0, 0.05) is 17.5 Å². The average molecular weight is 252 g/mol. The summed E-state index contributed by atoms with van der Waals surface area (Å²) in [7, 11) is 0. The molecule has 1 unspecified atom stereocenters. The Morgan fingerprint density at radius 2 is 2.18 bits per heavy atom. The molecule has 4 heteroatoms. The normalized spacial score (nSPS) is 12.2. The van der Waals surface area contributed by atoms with Crippen LogP contribution in [-0.4, -0.2) is 24.7 Å². The highest BCUT2D eigenvalue weighted by Gasteiger charge is 2.14. The van der Waals surface area contributed by atoms with Crippen LogP contribution in [0.25, 0.3) is 0 Å². The Bertz CT molecular complexity index is 368. The molecule has 1 aromatic rings. The minimum Gasteiger partial charge on any atom is -0.348 e. The SMILES string of the molecule is CCCC(CN)NC(=O)c1ccccc1SC. The van der Waals surface area contributed by atoms with Crippen LogP contribution in [0.5, 0.6) is 0 Å². The number of nitrogens with two attached hydrogens (primary N) is 1. The van der Waals surface area contributed by atoms with Gasteiger partial charge < -0.3 is 11.1 Å². The van der Waals surface area contributed by atoms with Crippen LogP contribution in [0.4, 0.5) is 0 Å². The van der Waals surface area contributed by atoms with Crippen LogP contribution >= 0.6 is 11.8 Å². The van der Waals surface area contributed by atoms with Gasteiger partial charge in [-0.05, 0) is 24.8 Å². The maximum atomic E-state index is 12.1. The van der Waals surface area contributed by atoms with Crippen molar-refractivity contribution >= 4 is 17.7 Å². The van der Waals surface area contributed by atoms with Gasteiger partial charge in [0.25, 0.3) is 5.91 Å². The second-order valence-electron chi connectivity index (χ2n) is 3.90. The fourth-order valence-electron chi connectivity index (χ4n) is 1.69. The molecule has 0 spiro atoms. The first-order valence-electron chi connectivity index (χ1n) is 5.86. The molecule has 0 aliphatic heterocycles. The van der Waals surface area contributed by atoms with E-state index in [9.17, 15) is 4.79 Å². The fourth-order valence-corrected chi connectivity index (χ4v) is 2.29. The summed E-state index contributed by atoms with van der Waals surface area (Å²) in [5, 5.41) is 2.98. The quantitative estimate of drug-likeness (QED) is 0.764. The van der Waals surface area contributed by atoms with Crippen LogP contribution in [-0.2, 0) is 0 Å². The molecule has 0 fully saturated rings. The number of benzene rings is 1. The van der Waals surface area contributed by atoms with Gasteiger partial charge in [-0.15, -0.1) is 11.8 Å². The van der Waals surface area contributed by atoms with Crippen LogP contribution in [0.1, 0.15) is 30.1 Å². The number of nitrogens with one attached hydrogen (secondary N) is 1. The Hall–Kier alpha value is -1.00. The van der Waals surface area contributed by atoms with E-state index in [2.05, 4.69) is 12.2 Å². The zero-order valence-corrected chi connectivity index (χ0v) is 11.2. The van der Waals surface area contributed by atoms with E-state index >= 15 is 0 Å². The third-order valence-corrected chi connectivity index (χ3v) is 3.40. The van der Waals surface area contributed by atoms with Gasteiger partial charge in [0.1, 0.15) is 0 Å². The number of carbonyl (C=O) groups excluding carboxylic acids is 1. The zero-order chi connectivity index (χ0) is 12.7. The summed E-state index contributed by atoms with van der Waals surface area (Å²) in [4.78, 5) is 13.1. The molecule has 1 atom stereocenters. The summed E-state index contributed by atoms with van der Waals surface area (Å²) >= 11 is 1.58. The number of hydrogen-bond acceptors (Lipinski definition) is 3. The molecule has 0 saturated heterocycles. The number of hydrogen-bond donors (Lipinski definition) is 2. The van der Waals surface area contributed by atoms with Gasteiger partial charge in [0.2, 0.25) is 0 Å². The Morgan fingerprint density at radius 1 is 1.47 bits per heavy atom. The lowest BCUT2D eigenvalue weighted by Crippen LogP contribution is -2.40. The molecule has 0 aromatic heterocycles. The van der Waals surface area contributed by atoms with E-state index in [0.29, 0.717) is 6.54 Å². The topological polar surface area (TPSA) is 55.1 Å². The van der Waals surface area contributed by atoms with Gasteiger partial charge in [-0.3, -0.25) is 4.79 Å². The number of rotatable bonds is 6. The lowest BCUT2D eigenvalue weighted by molar-refractivity contribution is 0.0933. The van der Waals surface area contributed by atoms with E-state index in [0.717, 1.165) is 23.3 Å². The molecule has 0 aliphatic carbocycles. The minimum atomic E-state index is -0.0288. The molecule has 1 rings (SSSR count). The fraction of sp³-hybridized carbons (Fsp3) is 0.462. The van der Waals surface area contributed by atoms with Crippen molar-refractivity contribution in [2.45, 2.75) is 30.7 Å². The Kier molecular flexibility index (Phi) is 6.08. The second-order valence-corrected chi connectivity index (χ2v) is 4.74. The van der Waals surface area contributed by atoms with Crippen molar-refractivity contribution in [2.24, 2.45) is 5.73 Å². The standard InChI is InChI=1S/C13H20N2OS/c1-3-6-10(9-14)15-13(16)11-7-4-5-8-12(11)17-2/h4-5,7-8,10H,3,6,9,14H2,1-2H3,(H,15,16). The van der Waals surface area contributed by atoms with Gasteiger partial charge in [-0.25, -0.2) is 0 Å². The summed E-state index contributed by atoms with van der Waals surface area (Å²) in [6.45, 7) is 2.58. The van der Waals surface area contributed by atoms with Gasteiger partial charge in [0.05, 0.1) is 5.56 Å². The monoisotopic (exact) mass is 252 g/mol. The first-order chi connectivity index (χ1) is 8.22. The predicted molar refractivity (Wildman–Crippen MR) is 73.4 cm³/mol. The lowest BCUT2D eigenvalue weighted by atomic mass is 10.1. The van der Waals surface area contributed by atoms with Gasteiger partial charge >= 0.3 is 0 Å². The molecule has 1 aromatic carbocycles. The van der Waals surface area contributed by atoms with Crippen molar-refractivity contribution in [2.75, 3.05) is 12.8 Å². The van der Waals surface area contributed by atoms with Crippen molar-refractivity contribution in [3.63, 3.8) is 0 Å². The predicted octanol–water partition coefficient (Wildman–Crippen LogP) is 2.27. The minimum absolute atomic E-state index is 0.0288. The van der Waals surface area contributed by atoms with E-state index < -0.39 is 0 Å². The van der Waals surface area contributed by atoms with Crippen LogP contribution in [0.15, 0.2) is 29.2 Å². The second kappa shape index (κ2) is 7.35. The molecule has 94 valence electrons. The van der Waals surface area contributed by atoms with Crippen molar-refractivity contribution in [3.05, 3.63) is 29.8 Å². The molecule has 3 nitrogen and oxygen atoms in total. The highest BCUT2D eigenvalue weighted by atomic mass is 32.2. The molecule has 0 bridgehead atoms. The summed E-state index contributed by atoms with van der Waals surface area (Å²) in [6, 6.07) is 7.70. The maximum Gasteiger partial charge on any atom is 0.252 e. The Balaban J connectivity index is 2.75. The van der Waals surface area contributed by atoms with E-state index in [1.807, 2.05) is 30.5 Å². The highest BCUT2D eigenvalue weighted by molar-refractivity contribution is 7.98. The molecule has 0 radical (unpaired) electrons. The summed E-state index contributed by atoms with van der Waals surface area (Å²) in [6.07, 6.45) is 3.91.